The van der Waals surface area contributed by atoms with E-state index in [1.165, 1.54) is 6.92 Å². The van der Waals surface area contributed by atoms with Crippen molar-refractivity contribution in [1.82, 2.24) is 4.98 Å². The Hall–Kier alpha value is -2.84. The van der Waals surface area contributed by atoms with Crippen molar-refractivity contribution in [3.05, 3.63) is 65.0 Å². The van der Waals surface area contributed by atoms with Gasteiger partial charge in [0, 0.05) is 36.6 Å². The lowest BCUT2D eigenvalue weighted by Gasteiger charge is -2.26. The third kappa shape index (κ3) is 3.71. The molecule has 26 heavy (non-hydrogen) atoms. The van der Waals surface area contributed by atoms with Crippen LogP contribution in [0.1, 0.15) is 33.8 Å². The summed E-state index contributed by atoms with van der Waals surface area (Å²) in [6.45, 7) is 1.60. The van der Waals surface area contributed by atoms with Crippen molar-refractivity contribution in [2.75, 3.05) is 4.90 Å². The lowest BCUT2D eigenvalue weighted by molar-refractivity contribution is -0.194. The highest BCUT2D eigenvalue weighted by Crippen LogP contribution is 2.44. The number of hydrogen-bond donors (Lipinski definition) is 1. The van der Waals surface area contributed by atoms with Crippen molar-refractivity contribution >= 4 is 29.6 Å². The molecule has 1 unspecified atom stereocenters. The highest BCUT2D eigenvalue weighted by Gasteiger charge is 2.28. The largest absolute Gasteiger partial charge is 0.370 e. The van der Waals surface area contributed by atoms with Crippen LogP contribution in [0.3, 0.4) is 0 Å². The number of hydrogen-bond acceptors (Lipinski definition) is 7. The Kier molecular flexibility index (Phi) is 5.55. The average molecular weight is 371 g/mol. The summed E-state index contributed by atoms with van der Waals surface area (Å²) in [5.74, 6) is 0.280. The van der Waals surface area contributed by atoms with Crippen LogP contribution in [0, 0.1) is 0 Å². The number of nitrogens with two attached hydrogens (primary N) is 1. The molecule has 0 saturated heterocycles. The number of thioether (sulfide) groups is 1. The smallest absolute Gasteiger partial charge is 0.214 e. The molecule has 0 fully saturated rings. The Morgan fingerprint density at radius 1 is 1.35 bits per heavy atom. The topological polar surface area (TPSA) is 94.8 Å². The fraction of sp³-hybridized carbons (Fsp3) is 0.167. The molecule has 8 heteroatoms. The maximum absolute atomic E-state index is 11.6. The van der Waals surface area contributed by atoms with E-state index in [0.717, 1.165) is 23.1 Å². The van der Waals surface area contributed by atoms with E-state index in [-0.39, 0.29) is 11.3 Å². The molecule has 0 radical (unpaired) electrons. The van der Waals surface area contributed by atoms with E-state index in [4.69, 9.17) is 9.78 Å². The second-order valence-corrected chi connectivity index (χ2v) is 6.50. The van der Waals surface area contributed by atoms with E-state index < -0.39 is 0 Å². The van der Waals surface area contributed by atoms with Gasteiger partial charge < -0.3 is 15.5 Å². The summed E-state index contributed by atoms with van der Waals surface area (Å²) in [5, 5.41) is 2.11. The second-order valence-electron chi connectivity index (χ2n) is 5.51. The van der Waals surface area contributed by atoms with Gasteiger partial charge in [0.15, 0.2) is 12.0 Å². The second kappa shape index (κ2) is 8.03. The number of fused-ring (bicyclic) bond motifs is 1. The van der Waals surface area contributed by atoms with Gasteiger partial charge in [-0.3, -0.25) is 14.6 Å². The Morgan fingerprint density at radius 3 is 2.77 bits per heavy atom. The minimum Gasteiger partial charge on any atom is -0.370 e. The van der Waals surface area contributed by atoms with Gasteiger partial charge in [0.25, 0.3) is 0 Å². The standard InChI is InChI=1S/C16H12N2O3S.C2H5NO/c19-9-12-13-10-20-21-15(13)2-1-14(12)18-7-8-22-16(18)11-3-5-17-6-4-11;1-2(3)4/h1-9,16H,10H2;1H3,(H2,3,4). The maximum Gasteiger partial charge on any atom is 0.214 e. The molecule has 3 heterocycles. The zero-order valence-corrected chi connectivity index (χ0v) is 14.8. The van der Waals surface area contributed by atoms with Crippen LogP contribution in [0.4, 0.5) is 5.69 Å². The van der Waals surface area contributed by atoms with Gasteiger partial charge in [-0.1, -0.05) is 0 Å². The van der Waals surface area contributed by atoms with Crippen LogP contribution in [0.25, 0.3) is 0 Å². The molecule has 2 N–H and O–H groups in total. The Morgan fingerprint density at radius 2 is 2.08 bits per heavy atom. The van der Waals surface area contributed by atoms with E-state index in [9.17, 15) is 9.59 Å². The molecule has 1 aromatic carbocycles. The lowest BCUT2D eigenvalue weighted by Crippen LogP contribution is -2.19. The summed E-state index contributed by atoms with van der Waals surface area (Å²) in [6, 6.07) is 7.70. The molecule has 7 nitrogen and oxygen atoms in total. The van der Waals surface area contributed by atoms with Crippen molar-refractivity contribution in [3.63, 3.8) is 0 Å². The maximum atomic E-state index is 11.6. The van der Waals surface area contributed by atoms with Crippen LogP contribution in [-0.2, 0) is 16.3 Å². The summed E-state index contributed by atoms with van der Waals surface area (Å²) in [4.78, 5) is 37.0. The van der Waals surface area contributed by atoms with Gasteiger partial charge in [-0.25, -0.2) is 0 Å². The number of amides is 1. The fourth-order valence-electron chi connectivity index (χ4n) is 2.66. The molecule has 0 saturated carbocycles. The SMILES string of the molecule is CC(N)=O.O=Cc1c(N2C=CSC2c2ccncc2)ccc2c1COO2. The average Bonchev–Trinajstić information content (AvgIpc) is 3.30. The number of nitrogens with zero attached hydrogens (tertiary/aromatic N) is 2. The van der Waals surface area contributed by atoms with Gasteiger partial charge in [0.05, 0.1) is 5.69 Å². The predicted octanol–water partition coefficient (Wildman–Crippen LogP) is 2.93. The summed E-state index contributed by atoms with van der Waals surface area (Å²) in [6.07, 6.45) is 6.41. The first-order chi connectivity index (χ1) is 12.6. The van der Waals surface area contributed by atoms with Crippen LogP contribution in [0.5, 0.6) is 5.75 Å². The van der Waals surface area contributed by atoms with Gasteiger partial charge >= 0.3 is 0 Å². The summed E-state index contributed by atoms with van der Waals surface area (Å²) < 4.78 is 0. The number of carbonyl (C=O) groups is 2. The summed E-state index contributed by atoms with van der Waals surface area (Å²) in [5.41, 5.74) is 7.87. The highest BCUT2D eigenvalue weighted by atomic mass is 32.2. The molecular weight excluding hydrogens is 354 g/mol. The normalized spacial score (nSPS) is 17.1. The van der Waals surface area contributed by atoms with Crippen molar-refractivity contribution in [1.29, 1.82) is 0 Å². The first-order valence-corrected chi connectivity index (χ1v) is 8.73. The van der Waals surface area contributed by atoms with Gasteiger partial charge in [0.1, 0.15) is 12.0 Å². The number of pyridine rings is 1. The molecule has 2 aliphatic rings. The number of aromatic nitrogens is 1. The first-order valence-electron chi connectivity index (χ1n) is 7.78. The zero-order chi connectivity index (χ0) is 18.5. The predicted molar refractivity (Wildman–Crippen MR) is 98.3 cm³/mol. The van der Waals surface area contributed by atoms with Crippen LogP contribution in [0.15, 0.2) is 48.3 Å². The molecule has 1 amide bonds. The fourth-order valence-corrected chi connectivity index (χ4v) is 3.64. The molecule has 1 aromatic heterocycles. The third-order valence-electron chi connectivity index (χ3n) is 3.71. The first kappa shape index (κ1) is 18.0. The van der Waals surface area contributed by atoms with Gasteiger partial charge in [0.2, 0.25) is 5.91 Å². The molecule has 2 aliphatic heterocycles. The quantitative estimate of drug-likeness (QED) is 0.655. The summed E-state index contributed by atoms with van der Waals surface area (Å²) in [7, 11) is 0. The number of aldehydes is 1. The minimum absolute atomic E-state index is 0.0861. The third-order valence-corrected chi connectivity index (χ3v) is 4.75. The Balaban J connectivity index is 0.000000447. The zero-order valence-electron chi connectivity index (χ0n) is 14.0. The Bertz CT molecular complexity index is 838. The molecule has 0 spiro atoms. The molecule has 2 aromatic rings. The van der Waals surface area contributed by atoms with Gasteiger partial charge in [-0.15, -0.1) is 11.8 Å². The molecule has 1 atom stereocenters. The van der Waals surface area contributed by atoms with E-state index in [1.54, 1.807) is 24.2 Å². The molecular formula is C18H17N3O4S. The number of carbonyl (C=O) groups excluding carboxylic acids is 2. The highest BCUT2D eigenvalue weighted by molar-refractivity contribution is 8.02. The molecule has 134 valence electrons. The van der Waals surface area contributed by atoms with Crippen molar-refractivity contribution in [2.45, 2.75) is 18.9 Å². The van der Waals surface area contributed by atoms with E-state index >= 15 is 0 Å². The van der Waals surface area contributed by atoms with Gasteiger partial charge in [-0.05, 0) is 35.2 Å². The summed E-state index contributed by atoms with van der Waals surface area (Å²) >= 11 is 1.69. The lowest BCUT2D eigenvalue weighted by atomic mass is 10.0. The number of benzene rings is 1. The van der Waals surface area contributed by atoms with Crippen LogP contribution < -0.4 is 15.5 Å². The van der Waals surface area contributed by atoms with E-state index in [0.29, 0.717) is 17.9 Å². The van der Waals surface area contributed by atoms with E-state index in [1.807, 2.05) is 35.9 Å². The monoisotopic (exact) mass is 371 g/mol. The van der Waals surface area contributed by atoms with Crippen molar-refractivity contribution in [2.24, 2.45) is 5.73 Å². The molecule has 0 bridgehead atoms. The van der Waals surface area contributed by atoms with Crippen molar-refractivity contribution < 1.29 is 19.4 Å². The minimum atomic E-state index is -0.333. The van der Waals surface area contributed by atoms with Crippen LogP contribution in [-0.4, -0.2) is 17.2 Å². The van der Waals surface area contributed by atoms with E-state index in [2.05, 4.69) is 15.6 Å². The number of primary amides is 1. The molecule has 4 rings (SSSR count). The van der Waals surface area contributed by atoms with Crippen LogP contribution >= 0.6 is 11.8 Å². The van der Waals surface area contributed by atoms with Crippen molar-refractivity contribution in [3.8, 4) is 5.75 Å². The van der Waals surface area contributed by atoms with Gasteiger partial charge in [-0.2, -0.15) is 4.89 Å². The number of rotatable bonds is 3. The number of anilines is 1. The Labute approximate surface area is 154 Å². The molecule has 0 aliphatic carbocycles. The van der Waals surface area contributed by atoms with Crippen LogP contribution in [0.2, 0.25) is 0 Å².